The molecule has 0 saturated carbocycles. The quantitative estimate of drug-likeness (QED) is 0.468. The van der Waals surface area contributed by atoms with Crippen molar-refractivity contribution < 1.29 is 14.3 Å². The Morgan fingerprint density at radius 3 is 2.47 bits per heavy atom. The molecule has 3 N–H and O–H groups in total. The molecule has 1 aromatic carbocycles. The zero-order chi connectivity index (χ0) is 13.0. The maximum absolute atomic E-state index is 11.5. The predicted octanol–water partition coefficient (Wildman–Crippen LogP) is 1.11. The first kappa shape index (κ1) is 13.3. The third-order valence-electron chi connectivity index (χ3n) is 2.81. The lowest BCUT2D eigenvalue weighted by Gasteiger charge is -2.18. The summed E-state index contributed by atoms with van der Waals surface area (Å²) < 4.78 is 10.5. The number of carbonyl (C=O) groups excluding carboxylic acids is 1. The molecule has 1 amide bonds. The molecular formula is C12H18N2O3. The van der Waals surface area contributed by atoms with Gasteiger partial charge in [-0.25, -0.2) is 5.84 Å². The molecular weight excluding hydrogens is 220 g/mol. The number of benzene rings is 1. The second kappa shape index (κ2) is 5.54. The molecule has 1 unspecified atom stereocenters. The zero-order valence-electron chi connectivity index (χ0n) is 10.5. The fourth-order valence-corrected chi connectivity index (χ4v) is 1.79. The highest BCUT2D eigenvalue weighted by Gasteiger charge is 2.21. The summed E-state index contributed by atoms with van der Waals surface area (Å²) in [6.45, 7) is 3.65. The van der Waals surface area contributed by atoms with Gasteiger partial charge in [0.1, 0.15) is 11.5 Å². The molecule has 5 heteroatoms. The highest BCUT2D eigenvalue weighted by atomic mass is 16.5. The first-order valence-corrected chi connectivity index (χ1v) is 5.28. The van der Waals surface area contributed by atoms with Crippen LogP contribution < -0.4 is 20.7 Å². The minimum Gasteiger partial charge on any atom is -0.496 e. The average Bonchev–Trinajstić information content (AvgIpc) is 2.36. The molecule has 0 aliphatic heterocycles. The van der Waals surface area contributed by atoms with Gasteiger partial charge in [-0.2, -0.15) is 0 Å². The van der Waals surface area contributed by atoms with Crippen LogP contribution in [0.4, 0.5) is 0 Å². The van der Waals surface area contributed by atoms with Crippen LogP contribution in [0.3, 0.4) is 0 Å². The lowest BCUT2D eigenvalue weighted by atomic mass is 9.96. The lowest BCUT2D eigenvalue weighted by Crippen LogP contribution is -2.33. The maximum Gasteiger partial charge on any atom is 0.241 e. The van der Waals surface area contributed by atoms with Gasteiger partial charge >= 0.3 is 0 Å². The predicted molar refractivity (Wildman–Crippen MR) is 65.0 cm³/mol. The highest BCUT2D eigenvalue weighted by Crippen LogP contribution is 2.35. The van der Waals surface area contributed by atoms with Crippen LogP contribution in [0.25, 0.3) is 0 Å². The summed E-state index contributed by atoms with van der Waals surface area (Å²) in [6.07, 6.45) is 0. The SMILES string of the molecule is COc1ccc(C(C)C(=O)NN)c(OC)c1C. The Hall–Kier alpha value is -1.75. The number of hydrogen-bond acceptors (Lipinski definition) is 4. The molecule has 94 valence electrons. The third kappa shape index (κ3) is 2.50. The highest BCUT2D eigenvalue weighted by molar-refractivity contribution is 5.83. The number of rotatable bonds is 4. The van der Waals surface area contributed by atoms with Gasteiger partial charge in [0.2, 0.25) is 5.91 Å². The number of nitrogens with two attached hydrogens (primary N) is 1. The summed E-state index contributed by atoms with van der Waals surface area (Å²) >= 11 is 0. The Bertz CT molecular complexity index is 418. The normalized spacial score (nSPS) is 11.8. The monoisotopic (exact) mass is 238 g/mol. The van der Waals surface area contributed by atoms with Crippen LogP contribution in [-0.2, 0) is 4.79 Å². The number of carbonyl (C=O) groups is 1. The molecule has 0 aliphatic carbocycles. The van der Waals surface area contributed by atoms with E-state index in [0.717, 1.165) is 16.9 Å². The van der Waals surface area contributed by atoms with E-state index >= 15 is 0 Å². The molecule has 0 heterocycles. The summed E-state index contributed by atoms with van der Waals surface area (Å²) in [5.41, 5.74) is 3.79. The van der Waals surface area contributed by atoms with Gasteiger partial charge < -0.3 is 9.47 Å². The molecule has 0 radical (unpaired) electrons. The topological polar surface area (TPSA) is 73.6 Å². The fraction of sp³-hybridized carbons (Fsp3) is 0.417. The van der Waals surface area contributed by atoms with Gasteiger partial charge in [-0.1, -0.05) is 6.07 Å². The molecule has 0 spiro atoms. The Balaban J connectivity index is 3.25. The van der Waals surface area contributed by atoms with Gasteiger partial charge in [-0.15, -0.1) is 0 Å². The first-order chi connectivity index (χ1) is 8.06. The van der Waals surface area contributed by atoms with E-state index in [0.29, 0.717) is 5.75 Å². The van der Waals surface area contributed by atoms with Gasteiger partial charge in [-0.05, 0) is 19.9 Å². The van der Waals surface area contributed by atoms with Crippen LogP contribution in [0.5, 0.6) is 11.5 Å². The van der Waals surface area contributed by atoms with E-state index in [9.17, 15) is 4.79 Å². The van der Waals surface area contributed by atoms with E-state index in [1.807, 2.05) is 19.1 Å². The van der Waals surface area contributed by atoms with Crippen molar-refractivity contribution in [2.45, 2.75) is 19.8 Å². The van der Waals surface area contributed by atoms with E-state index in [1.165, 1.54) is 0 Å². The molecule has 0 aliphatic rings. The Labute approximate surface area is 101 Å². The van der Waals surface area contributed by atoms with Crippen LogP contribution in [-0.4, -0.2) is 20.1 Å². The van der Waals surface area contributed by atoms with Crippen LogP contribution in [0, 0.1) is 6.92 Å². The molecule has 1 rings (SSSR count). The molecule has 0 saturated heterocycles. The van der Waals surface area contributed by atoms with E-state index in [2.05, 4.69) is 5.43 Å². The van der Waals surface area contributed by atoms with Crippen LogP contribution >= 0.6 is 0 Å². The molecule has 5 nitrogen and oxygen atoms in total. The molecule has 1 atom stereocenters. The maximum atomic E-state index is 11.5. The number of ether oxygens (including phenoxy) is 2. The van der Waals surface area contributed by atoms with E-state index in [1.54, 1.807) is 21.1 Å². The summed E-state index contributed by atoms with van der Waals surface area (Å²) in [4.78, 5) is 11.5. The second-order valence-electron chi connectivity index (χ2n) is 3.75. The van der Waals surface area contributed by atoms with Crippen LogP contribution in [0.15, 0.2) is 12.1 Å². The Kier molecular flexibility index (Phi) is 4.34. The molecule has 0 bridgehead atoms. The number of methoxy groups -OCH3 is 2. The van der Waals surface area contributed by atoms with Crippen molar-refractivity contribution in [3.63, 3.8) is 0 Å². The zero-order valence-corrected chi connectivity index (χ0v) is 10.5. The van der Waals surface area contributed by atoms with Crippen molar-refractivity contribution in [2.24, 2.45) is 5.84 Å². The van der Waals surface area contributed by atoms with E-state index in [-0.39, 0.29) is 11.8 Å². The van der Waals surface area contributed by atoms with Gasteiger partial charge in [0.25, 0.3) is 0 Å². The van der Waals surface area contributed by atoms with Crippen molar-refractivity contribution in [3.8, 4) is 11.5 Å². The number of hydrazine groups is 1. The number of nitrogens with one attached hydrogen (secondary N) is 1. The number of amides is 1. The smallest absolute Gasteiger partial charge is 0.241 e. The van der Waals surface area contributed by atoms with E-state index < -0.39 is 0 Å². The largest absolute Gasteiger partial charge is 0.496 e. The van der Waals surface area contributed by atoms with Crippen molar-refractivity contribution in [2.75, 3.05) is 14.2 Å². The minimum absolute atomic E-state index is 0.257. The van der Waals surface area contributed by atoms with Crippen molar-refractivity contribution >= 4 is 5.91 Å². The Morgan fingerprint density at radius 1 is 1.35 bits per heavy atom. The summed E-state index contributed by atoms with van der Waals surface area (Å²) in [6, 6.07) is 3.62. The lowest BCUT2D eigenvalue weighted by molar-refractivity contribution is -0.122. The van der Waals surface area contributed by atoms with Gasteiger partial charge in [-0.3, -0.25) is 10.2 Å². The Morgan fingerprint density at radius 2 is 2.00 bits per heavy atom. The fourth-order valence-electron chi connectivity index (χ4n) is 1.79. The molecule has 1 aromatic rings. The molecule has 0 fully saturated rings. The average molecular weight is 238 g/mol. The second-order valence-corrected chi connectivity index (χ2v) is 3.75. The summed E-state index contributed by atoms with van der Waals surface area (Å²) in [5, 5.41) is 0. The molecule has 17 heavy (non-hydrogen) atoms. The minimum atomic E-state index is -0.375. The van der Waals surface area contributed by atoms with Gasteiger partial charge in [0, 0.05) is 11.1 Å². The summed E-state index contributed by atoms with van der Waals surface area (Å²) in [5.74, 6) is 5.88. The first-order valence-electron chi connectivity index (χ1n) is 5.28. The number of hydrogen-bond donors (Lipinski definition) is 2. The van der Waals surface area contributed by atoms with Crippen LogP contribution in [0.2, 0.25) is 0 Å². The van der Waals surface area contributed by atoms with Gasteiger partial charge in [0.05, 0.1) is 20.1 Å². The van der Waals surface area contributed by atoms with Crippen molar-refractivity contribution in [1.82, 2.24) is 5.43 Å². The van der Waals surface area contributed by atoms with Crippen LogP contribution in [0.1, 0.15) is 24.0 Å². The standard InChI is InChI=1S/C12H18N2O3/c1-7(12(15)14-13)9-5-6-10(16-3)8(2)11(9)17-4/h5-7H,13H2,1-4H3,(H,14,15). The molecule has 0 aromatic heterocycles. The third-order valence-corrected chi connectivity index (χ3v) is 2.81. The van der Waals surface area contributed by atoms with Gasteiger partial charge in [0.15, 0.2) is 0 Å². The summed E-state index contributed by atoms with van der Waals surface area (Å²) in [7, 11) is 3.16. The van der Waals surface area contributed by atoms with Crippen molar-refractivity contribution in [1.29, 1.82) is 0 Å². The van der Waals surface area contributed by atoms with Crippen molar-refractivity contribution in [3.05, 3.63) is 23.3 Å². The van der Waals surface area contributed by atoms with E-state index in [4.69, 9.17) is 15.3 Å².